The fourth-order valence-electron chi connectivity index (χ4n) is 2.72. The summed E-state index contributed by atoms with van der Waals surface area (Å²) in [5, 5.41) is 18.2. The average molecular weight is 331 g/mol. The van der Waals surface area contributed by atoms with Crippen molar-refractivity contribution in [2.75, 3.05) is 5.32 Å². The number of benzene rings is 2. The molecule has 3 aromatic rings. The maximum atomic E-state index is 10.4. The first-order chi connectivity index (χ1) is 12.2. The summed E-state index contributed by atoms with van der Waals surface area (Å²) in [7, 11) is 0. The van der Waals surface area contributed by atoms with E-state index in [0.29, 0.717) is 18.6 Å². The van der Waals surface area contributed by atoms with Crippen LogP contribution in [-0.2, 0) is 12.8 Å². The van der Waals surface area contributed by atoms with E-state index in [0.717, 1.165) is 28.3 Å². The number of hydrogen-bond acceptors (Lipinski definition) is 3. The van der Waals surface area contributed by atoms with Crippen molar-refractivity contribution in [1.29, 1.82) is 0 Å². The van der Waals surface area contributed by atoms with Crippen LogP contribution in [0.5, 0.6) is 5.75 Å². The van der Waals surface area contributed by atoms with Gasteiger partial charge in [-0.05, 0) is 48.2 Å². The molecular formula is C21H21N3O. The van der Waals surface area contributed by atoms with Gasteiger partial charge < -0.3 is 10.4 Å². The van der Waals surface area contributed by atoms with Crippen LogP contribution < -0.4 is 5.32 Å². The third kappa shape index (κ3) is 3.80. The van der Waals surface area contributed by atoms with Crippen molar-refractivity contribution in [2.24, 2.45) is 0 Å². The van der Waals surface area contributed by atoms with Crippen molar-refractivity contribution >= 4 is 11.5 Å². The molecule has 0 saturated carbocycles. The third-order valence-electron chi connectivity index (χ3n) is 3.88. The fraction of sp³-hybridized carbons (Fsp3) is 0.0952. The lowest BCUT2D eigenvalue weighted by Gasteiger charge is -2.12. The van der Waals surface area contributed by atoms with E-state index in [1.165, 1.54) is 0 Å². The Kier molecular flexibility index (Phi) is 5.00. The van der Waals surface area contributed by atoms with Crippen LogP contribution in [0.2, 0.25) is 0 Å². The molecule has 4 heteroatoms. The van der Waals surface area contributed by atoms with Gasteiger partial charge >= 0.3 is 0 Å². The normalized spacial score (nSPS) is 10.4. The number of aromatic nitrogens is 2. The van der Waals surface area contributed by atoms with Crippen LogP contribution in [0, 0.1) is 0 Å². The van der Waals surface area contributed by atoms with Gasteiger partial charge in [0.2, 0.25) is 0 Å². The van der Waals surface area contributed by atoms with Crippen molar-refractivity contribution in [3.05, 3.63) is 91.2 Å². The van der Waals surface area contributed by atoms with Gasteiger partial charge in [0.25, 0.3) is 0 Å². The predicted octanol–water partition coefficient (Wildman–Crippen LogP) is 4.78. The maximum absolute atomic E-state index is 10.4. The Balaban J connectivity index is 1.88. The Hall–Kier alpha value is -3.27. The van der Waals surface area contributed by atoms with Crippen molar-refractivity contribution in [1.82, 2.24) is 9.78 Å². The molecule has 0 atom stereocenters. The van der Waals surface area contributed by atoms with Crippen LogP contribution >= 0.6 is 0 Å². The fourth-order valence-corrected chi connectivity index (χ4v) is 2.72. The second kappa shape index (κ2) is 7.53. The zero-order valence-electron chi connectivity index (χ0n) is 14.0. The molecule has 0 aliphatic rings. The number of phenolic OH excluding ortho intramolecular Hbond substituents is 1. The Morgan fingerprint density at radius 2 is 1.64 bits per heavy atom. The van der Waals surface area contributed by atoms with Gasteiger partial charge in [0.1, 0.15) is 5.75 Å². The lowest BCUT2D eigenvalue weighted by molar-refractivity contribution is 0.464. The van der Waals surface area contributed by atoms with Crippen LogP contribution in [0.3, 0.4) is 0 Å². The number of para-hydroxylation sites is 1. The summed E-state index contributed by atoms with van der Waals surface area (Å²) < 4.78 is 1.82. The number of nitrogens with zero attached hydrogens (tertiary/aromatic N) is 2. The number of hydrogen-bond donors (Lipinski definition) is 2. The maximum Gasteiger partial charge on any atom is 0.152 e. The number of aromatic hydroxyl groups is 1. The zero-order chi connectivity index (χ0) is 17.6. The van der Waals surface area contributed by atoms with Gasteiger partial charge in [0.15, 0.2) is 5.82 Å². The molecule has 0 bridgehead atoms. The highest BCUT2D eigenvalue weighted by Gasteiger charge is 2.10. The lowest BCUT2D eigenvalue weighted by atomic mass is 10.0. The van der Waals surface area contributed by atoms with Gasteiger partial charge in [-0.3, -0.25) is 0 Å². The quantitative estimate of drug-likeness (QED) is 0.484. The van der Waals surface area contributed by atoms with Gasteiger partial charge in [-0.15, -0.1) is 13.2 Å². The van der Waals surface area contributed by atoms with E-state index in [1.54, 1.807) is 12.2 Å². The summed E-state index contributed by atoms with van der Waals surface area (Å²) in [4.78, 5) is 0. The number of anilines is 2. The van der Waals surface area contributed by atoms with E-state index in [2.05, 4.69) is 23.6 Å². The molecule has 2 aromatic carbocycles. The molecule has 0 amide bonds. The van der Waals surface area contributed by atoms with E-state index in [4.69, 9.17) is 0 Å². The van der Waals surface area contributed by atoms with Gasteiger partial charge in [0, 0.05) is 18.0 Å². The second-order valence-electron chi connectivity index (χ2n) is 5.73. The summed E-state index contributed by atoms with van der Waals surface area (Å²) in [5.74, 6) is 1.05. The molecule has 0 spiro atoms. The largest absolute Gasteiger partial charge is 0.507 e. The summed E-state index contributed by atoms with van der Waals surface area (Å²) in [6.45, 7) is 7.51. The summed E-state index contributed by atoms with van der Waals surface area (Å²) >= 11 is 0. The van der Waals surface area contributed by atoms with Gasteiger partial charge in [-0.25, -0.2) is 4.68 Å². The monoisotopic (exact) mass is 331 g/mol. The van der Waals surface area contributed by atoms with Crippen molar-refractivity contribution < 1.29 is 5.11 Å². The van der Waals surface area contributed by atoms with Crippen molar-refractivity contribution in [3.8, 4) is 11.4 Å². The Bertz CT molecular complexity index is 850. The molecule has 1 aromatic heterocycles. The summed E-state index contributed by atoms with van der Waals surface area (Å²) in [6, 6.07) is 15.7. The first-order valence-electron chi connectivity index (χ1n) is 8.16. The highest BCUT2D eigenvalue weighted by Crippen LogP contribution is 2.30. The molecule has 0 unspecified atom stereocenters. The molecule has 2 N–H and O–H groups in total. The smallest absolute Gasteiger partial charge is 0.152 e. The Morgan fingerprint density at radius 3 is 2.24 bits per heavy atom. The number of phenols is 1. The molecule has 1 heterocycles. The second-order valence-corrected chi connectivity index (χ2v) is 5.73. The predicted molar refractivity (Wildman–Crippen MR) is 103 cm³/mol. The molecule has 0 radical (unpaired) electrons. The molecular weight excluding hydrogens is 310 g/mol. The number of allylic oxidation sites excluding steroid dienone is 2. The zero-order valence-corrected chi connectivity index (χ0v) is 14.0. The van der Waals surface area contributed by atoms with E-state index >= 15 is 0 Å². The van der Waals surface area contributed by atoms with Crippen LogP contribution in [0.4, 0.5) is 11.5 Å². The van der Waals surface area contributed by atoms with Gasteiger partial charge in [0.05, 0.1) is 5.69 Å². The van der Waals surface area contributed by atoms with Crippen LogP contribution in [0.1, 0.15) is 11.1 Å². The van der Waals surface area contributed by atoms with Gasteiger partial charge in [-0.1, -0.05) is 30.4 Å². The van der Waals surface area contributed by atoms with E-state index in [9.17, 15) is 5.11 Å². The first kappa shape index (κ1) is 16.6. The molecule has 0 aliphatic heterocycles. The van der Waals surface area contributed by atoms with E-state index in [-0.39, 0.29) is 0 Å². The number of nitrogens with one attached hydrogen (secondary N) is 1. The third-order valence-corrected chi connectivity index (χ3v) is 3.88. The lowest BCUT2D eigenvalue weighted by Crippen LogP contribution is -1.98. The van der Waals surface area contributed by atoms with E-state index < -0.39 is 0 Å². The topological polar surface area (TPSA) is 50.1 Å². The summed E-state index contributed by atoms with van der Waals surface area (Å²) in [6.07, 6.45) is 6.67. The highest BCUT2D eigenvalue weighted by molar-refractivity contribution is 5.62. The van der Waals surface area contributed by atoms with Crippen LogP contribution in [0.15, 0.2) is 80.0 Å². The SMILES string of the molecule is C=CCc1cc(Nc2ccn(-c3ccccc3)n2)cc(CC=C)c1O. The van der Waals surface area contributed by atoms with Crippen LogP contribution in [0.25, 0.3) is 5.69 Å². The molecule has 0 aliphatic carbocycles. The average Bonchev–Trinajstić information content (AvgIpc) is 3.08. The minimum Gasteiger partial charge on any atom is -0.507 e. The summed E-state index contributed by atoms with van der Waals surface area (Å²) in [5.41, 5.74) is 3.55. The van der Waals surface area contributed by atoms with Crippen LogP contribution in [-0.4, -0.2) is 14.9 Å². The molecule has 25 heavy (non-hydrogen) atoms. The molecule has 4 nitrogen and oxygen atoms in total. The molecule has 126 valence electrons. The molecule has 0 fully saturated rings. The first-order valence-corrected chi connectivity index (χ1v) is 8.16. The minimum absolute atomic E-state index is 0.306. The standard InChI is InChI=1S/C21H21N3O/c1-3-8-16-14-18(15-17(9-4-2)21(16)25)22-20-12-13-24(23-20)19-10-6-5-7-11-19/h3-7,10-15,25H,1-2,8-9H2,(H,22,23). The minimum atomic E-state index is 0.306. The van der Waals surface area contributed by atoms with Crippen molar-refractivity contribution in [3.63, 3.8) is 0 Å². The Morgan fingerprint density at radius 1 is 1.00 bits per heavy atom. The number of rotatable bonds is 7. The highest BCUT2D eigenvalue weighted by atomic mass is 16.3. The Labute approximate surface area is 147 Å². The molecule has 3 rings (SSSR count). The van der Waals surface area contributed by atoms with Gasteiger partial charge in [-0.2, -0.15) is 5.10 Å². The van der Waals surface area contributed by atoms with E-state index in [1.807, 2.05) is 59.4 Å². The van der Waals surface area contributed by atoms with Crippen molar-refractivity contribution in [2.45, 2.75) is 12.8 Å². The molecule has 0 saturated heterocycles.